The highest BCUT2D eigenvalue weighted by Gasteiger charge is 2.34. The van der Waals surface area contributed by atoms with Crippen molar-refractivity contribution in [3.8, 4) is 5.75 Å². The highest BCUT2D eigenvalue weighted by Crippen LogP contribution is 2.22. The first-order valence-electron chi connectivity index (χ1n) is 8.13. The number of ether oxygens (including phenoxy) is 2. The van der Waals surface area contributed by atoms with Gasteiger partial charge in [0.1, 0.15) is 5.75 Å². The lowest BCUT2D eigenvalue weighted by Gasteiger charge is -2.30. The van der Waals surface area contributed by atoms with Gasteiger partial charge in [0.2, 0.25) is 5.91 Å². The molecule has 6 heteroatoms. The molecule has 0 bridgehead atoms. The maximum atomic E-state index is 12.5. The number of hydrogen-bond donors (Lipinski definition) is 0. The lowest BCUT2D eigenvalue weighted by atomic mass is 9.92. The second kappa shape index (κ2) is 8.15. The highest BCUT2D eigenvalue weighted by molar-refractivity contribution is 5.86. The summed E-state index contributed by atoms with van der Waals surface area (Å²) in [5.74, 6) is 0.424. The van der Waals surface area contributed by atoms with Crippen LogP contribution < -0.4 is 4.74 Å². The summed E-state index contributed by atoms with van der Waals surface area (Å²) in [4.78, 5) is 28.3. The predicted octanol–water partition coefficient (Wildman–Crippen LogP) is 1.41. The number of nitrogens with zero attached hydrogens (tertiary/aromatic N) is 2. The van der Waals surface area contributed by atoms with Gasteiger partial charge in [-0.1, -0.05) is 32.0 Å². The SMILES string of the molecule is COCCN1CC(C)(C)CN(C(=O)COc2ccccc2)CC1=O. The monoisotopic (exact) mass is 334 g/mol. The second-order valence-corrected chi connectivity index (χ2v) is 6.82. The minimum atomic E-state index is -0.178. The van der Waals surface area contributed by atoms with Gasteiger partial charge in [0.05, 0.1) is 13.2 Å². The van der Waals surface area contributed by atoms with Crippen molar-refractivity contribution in [2.75, 3.05) is 46.5 Å². The van der Waals surface area contributed by atoms with Crippen LogP contribution in [0.2, 0.25) is 0 Å². The average molecular weight is 334 g/mol. The van der Waals surface area contributed by atoms with Crippen molar-refractivity contribution in [1.82, 2.24) is 9.80 Å². The van der Waals surface area contributed by atoms with E-state index in [0.29, 0.717) is 32.0 Å². The van der Waals surface area contributed by atoms with Crippen LogP contribution in [0.5, 0.6) is 5.75 Å². The number of carbonyl (C=O) groups is 2. The largest absolute Gasteiger partial charge is 0.484 e. The van der Waals surface area contributed by atoms with Crippen molar-refractivity contribution in [1.29, 1.82) is 0 Å². The molecule has 0 aliphatic carbocycles. The molecule has 132 valence electrons. The number of methoxy groups -OCH3 is 1. The van der Waals surface area contributed by atoms with Crippen molar-refractivity contribution >= 4 is 11.8 Å². The van der Waals surface area contributed by atoms with E-state index >= 15 is 0 Å². The van der Waals surface area contributed by atoms with Crippen LogP contribution in [0.15, 0.2) is 30.3 Å². The molecule has 6 nitrogen and oxygen atoms in total. The fourth-order valence-corrected chi connectivity index (χ4v) is 2.83. The first kappa shape index (κ1) is 18.3. The lowest BCUT2D eigenvalue weighted by Crippen LogP contribution is -2.42. The van der Waals surface area contributed by atoms with Gasteiger partial charge in [-0.2, -0.15) is 0 Å². The summed E-state index contributed by atoms with van der Waals surface area (Å²) in [7, 11) is 1.62. The predicted molar refractivity (Wildman–Crippen MR) is 90.8 cm³/mol. The van der Waals surface area contributed by atoms with Gasteiger partial charge < -0.3 is 19.3 Å². The van der Waals surface area contributed by atoms with Crippen LogP contribution in [-0.2, 0) is 14.3 Å². The molecule has 0 radical (unpaired) electrons. The fraction of sp³-hybridized carbons (Fsp3) is 0.556. The summed E-state index contributed by atoms with van der Waals surface area (Å²) in [5.41, 5.74) is -0.178. The zero-order chi connectivity index (χ0) is 17.6. The molecule has 0 atom stereocenters. The van der Waals surface area contributed by atoms with Gasteiger partial charge in [-0.25, -0.2) is 0 Å². The Morgan fingerprint density at radius 3 is 2.58 bits per heavy atom. The molecule has 0 N–H and O–H groups in total. The Hall–Kier alpha value is -2.08. The van der Waals surface area contributed by atoms with Crippen molar-refractivity contribution in [2.24, 2.45) is 5.41 Å². The Morgan fingerprint density at radius 1 is 1.21 bits per heavy atom. The Balaban J connectivity index is 1.98. The maximum absolute atomic E-state index is 12.5. The van der Waals surface area contributed by atoms with Gasteiger partial charge in [-0.3, -0.25) is 9.59 Å². The highest BCUT2D eigenvalue weighted by atomic mass is 16.5. The first-order chi connectivity index (χ1) is 11.4. The van der Waals surface area contributed by atoms with Crippen LogP contribution in [0.25, 0.3) is 0 Å². The lowest BCUT2D eigenvalue weighted by molar-refractivity contribution is -0.140. The summed E-state index contributed by atoms with van der Waals surface area (Å²) in [5, 5.41) is 0. The third-order valence-electron chi connectivity index (χ3n) is 3.94. The smallest absolute Gasteiger partial charge is 0.260 e. The number of benzene rings is 1. The normalized spacial score (nSPS) is 17.5. The molecular weight excluding hydrogens is 308 g/mol. The maximum Gasteiger partial charge on any atom is 0.260 e. The van der Waals surface area contributed by atoms with Crippen LogP contribution in [0.4, 0.5) is 0 Å². The summed E-state index contributed by atoms with van der Waals surface area (Å²) < 4.78 is 10.6. The van der Waals surface area contributed by atoms with Gasteiger partial charge in [0.15, 0.2) is 6.61 Å². The van der Waals surface area contributed by atoms with Gasteiger partial charge in [0.25, 0.3) is 5.91 Å². The van der Waals surface area contributed by atoms with Crippen molar-refractivity contribution in [3.63, 3.8) is 0 Å². The van der Waals surface area contributed by atoms with Crippen LogP contribution >= 0.6 is 0 Å². The number of carbonyl (C=O) groups excluding carboxylic acids is 2. The van der Waals surface area contributed by atoms with E-state index in [0.717, 1.165) is 0 Å². The first-order valence-corrected chi connectivity index (χ1v) is 8.13. The van der Waals surface area contributed by atoms with Gasteiger partial charge >= 0.3 is 0 Å². The van der Waals surface area contributed by atoms with E-state index in [1.165, 1.54) is 0 Å². The van der Waals surface area contributed by atoms with Crippen molar-refractivity contribution in [3.05, 3.63) is 30.3 Å². The Morgan fingerprint density at radius 2 is 1.92 bits per heavy atom. The van der Waals surface area contributed by atoms with E-state index in [9.17, 15) is 9.59 Å². The molecule has 1 aliphatic rings. The molecule has 1 aliphatic heterocycles. The van der Waals surface area contributed by atoms with Crippen molar-refractivity contribution in [2.45, 2.75) is 13.8 Å². The third kappa shape index (κ3) is 5.23. The van der Waals surface area contributed by atoms with Gasteiger partial charge in [0, 0.05) is 26.7 Å². The Labute approximate surface area is 143 Å². The molecule has 0 saturated carbocycles. The average Bonchev–Trinajstić information content (AvgIpc) is 2.67. The van der Waals surface area contributed by atoms with Crippen molar-refractivity contribution < 1.29 is 19.1 Å². The molecule has 0 aromatic heterocycles. The molecule has 1 heterocycles. The topological polar surface area (TPSA) is 59.1 Å². The third-order valence-corrected chi connectivity index (χ3v) is 3.94. The second-order valence-electron chi connectivity index (χ2n) is 6.82. The van der Waals surface area contributed by atoms with Crippen LogP contribution in [0.3, 0.4) is 0 Å². The zero-order valence-corrected chi connectivity index (χ0v) is 14.7. The molecule has 1 aromatic rings. The molecular formula is C18H26N2O4. The molecule has 2 rings (SSSR count). The number of amides is 2. The van der Waals surface area contributed by atoms with Crippen LogP contribution in [0, 0.1) is 5.41 Å². The summed E-state index contributed by atoms with van der Waals surface area (Å²) in [6, 6.07) is 9.20. The van der Waals surface area contributed by atoms with E-state index in [2.05, 4.69) is 13.8 Å². The molecule has 2 amide bonds. The minimum absolute atomic E-state index is 0.0503. The summed E-state index contributed by atoms with van der Waals surface area (Å²) in [6.07, 6.45) is 0. The molecule has 1 aromatic carbocycles. The van der Waals surface area contributed by atoms with Gasteiger partial charge in [-0.05, 0) is 17.5 Å². The van der Waals surface area contributed by atoms with E-state index in [1.54, 1.807) is 29.0 Å². The van der Waals surface area contributed by atoms with E-state index in [-0.39, 0.29) is 30.4 Å². The molecule has 1 fully saturated rings. The Bertz CT molecular complexity index is 559. The van der Waals surface area contributed by atoms with Crippen LogP contribution in [0.1, 0.15) is 13.8 Å². The number of para-hydroxylation sites is 1. The van der Waals surface area contributed by atoms with Gasteiger partial charge in [-0.15, -0.1) is 0 Å². The van der Waals surface area contributed by atoms with Crippen LogP contribution in [-0.4, -0.2) is 68.1 Å². The van der Waals surface area contributed by atoms with E-state index in [4.69, 9.17) is 9.47 Å². The quantitative estimate of drug-likeness (QED) is 0.789. The van der Waals surface area contributed by atoms with E-state index < -0.39 is 0 Å². The Kier molecular flexibility index (Phi) is 6.20. The number of hydrogen-bond acceptors (Lipinski definition) is 4. The molecule has 24 heavy (non-hydrogen) atoms. The summed E-state index contributed by atoms with van der Waals surface area (Å²) >= 11 is 0. The summed E-state index contributed by atoms with van der Waals surface area (Å²) in [6.45, 7) is 6.31. The minimum Gasteiger partial charge on any atom is -0.484 e. The molecule has 0 spiro atoms. The zero-order valence-electron chi connectivity index (χ0n) is 14.7. The fourth-order valence-electron chi connectivity index (χ4n) is 2.83. The number of rotatable bonds is 6. The molecule has 0 unspecified atom stereocenters. The van der Waals surface area contributed by atoms with E-state index in [1.807, 2.05) is 18.2 Å². The standard InChI is InChI=1S/C18H26N2O4/c1-18(2)13-19(9-10-23-3)16(21)11-20(14-18)17(22)12-24-15-7-5-4-6-8-15/h4-8H,9-14H2,1-3H3. The molecule has 1 saturated heterocycles.